The van der Waals surface area contributed by atoms with Crippen molar-refractivity contribution in [2.24, 2.45) is 0 Å². The number of carbonyl (C=O) groups excluding carboxylic acids is 2. The molecule has 21 heavy (non-hydrogen) atoms. The minimum atomic E-state index is -1.25. The summed E-state index contributed by atoms with van der Waals surface area (Å²) >= 11 is 1.13. The van der Waals surface area contributed by atoms with E-state index in [1.54, 1.807) is 19.1 Å². The normalized spacial score (nSPS) is 10.3. The number of aromatic nitrogens is 4. The third kappa shape index (κ3) is 3.78. The number of tetrazole rings is 1. The lowest BCUT2D eigenvalue weighted by Crippen LogP contribution is -2.22. The van der Waals surface area contributed by atoms with E-state index in [9.17, 15) is 14.7 Å². The molecule has 0 N–H and O–H groups in total. The first-order chi connectivity index (χ1) is 10.1. The lowest BCUT2D eigenvalue weighted by Gasteiger charge is -2.06. The Balaban J connectivity index is 2.12. The standard InChI is InChI=1S/C12H12N4O4S/c1-2-20-10(17)7-21-12-13-14-15-16(12)9-5-3-8(4-6-9)11(18)19/h3-6H,2,7H2,1H3,(H,18,19)/p-1. The van der Waals surface area contributed by atoms with Gasteiger partial charge in [-0.05, 0) is 35.0 Å². The molecule has 0 unspecified atom stereocenters. The highest BCUT2D eigenvalue weighted by Gasteiger charge is 2.12. The molecule has 0 fully saturated rings. The summed E-state index contributed by atoms with van der Waals surface area (Å²) in [6.45, 7) is 2.04. The summed E-state index contributed by atoms with van der Waals surface area (Å²) < 4.78 is 6.22. The average molecular weight is 307 g/mol. The molecule has 8 nitrogen and oxygen atoms in total. The molecule has 0 amide bonds. The van der Waals surface area contributed by atoms with Crippen molar-refractivity contribution in [2.75, 3.05) is 12.4 Å². The van der Waals surface area contributed by atoms with Crippen LogP contribution in [0.1, 0.15) is 17.3 Å². The van der Waals surface area contributed by atoms with Crippen LogP contribution in [0.15, 0.2) is 29.4 Å². The number of thioether (sulfide) groups is 1. The van der Waals surface area contributed by atoms with Crippen LogP contribution in [0.5, 0.6) is 0 Å². The molecule has 0 atom stereocenters. The molecule has 0 bridgehead atoms. The molecule has 1 aromatic carbocycles. The molecule has 110 valence electrons. The summed E-state index contributed by atoms with van der Waals surface area (Å²) in [5.41, 5.74) is 0.643. The second-order valence-corrected chi connectivity index (χ2v) is 4.74. The van der Waals surface area contributed by atoms with Crippen LogP contribution in [0.25, 0.3) is 5.69 Å². The highest BCUT2D eigenvalue weighted by molar-refractivity contribution is 7.99. The molecule has 1 aromatic heterocycles. The van der Waals surface area contributed by atoms with Gasteiger partial charge in [-0.3, -0.25) is 4.79 Å². The number of carbonyl (C=O) groups is 2. The Kier molecular flexibility index (Phi) is 4.88. The van der Waals surface area contributed by atoms with E-state index in [0.717, 1.165) is 11.8 Å². The molecular weight excluding hydrogens is 296 g/mol. The number of esters is 1. The number of ether oxygens (including phenoxy) is 1. The van der Waals surface area contributed by atoms with Crippen molar-refractivity contribution >= 4 is 23.7 Å². The summed E-state index contributed by atoms with van der Waals surface area (Å²) in [6.07, 6.45) is 0. The van der Waals surface area contributed by atoms with Crippen LogP contribution in [-0.4, -0.2) is 44.5 Å². The molecule has 9 heteroatoms. The lowest BCUT2D eigenvalue weighted by atomic mass is 10.2. The third-order valence-electron chi connectivity index (χ3n) is 2.41. The smallest absolute Gasteiger partial charge is 0.316 e. The summed E-state index contributed by atoms with van der Waals surface area (Å²) in [5, 5.41) is 22.3. The van der Waals surface area contributed by atoms with Crippen LogP contribution >= 0.6 is 11.8 Å². The number of hydrogen-bond donors (Lipinski definition) is 0. The van der Waals surface area contributed by atoms with E-state index in [4.69, 9.17) is 4.74 Å². The van der Waals surface area contributed by atoms with Crippen LogP contribution in [0.3, 0.4) is 0 Å². The Morgan fingerprint density at radius 2 is 2.05 bits per heavy atom. The number of nitrogens with zero attached hydrogens (tertiary/aromatic N) is 4. The fourth-order valence-electron chi connectivity index (χ4n) is 1.50. The number of benzene rings is 1. The van der Waals surface area contributed by atoms with Crippen molar-refractivity contribution in [1.82, 2.24) is 20.2 Å². The predicted octanol–water partition coefficient (Wildman–Crippen LogP) is -0.319. The van der Waals surface area contributed by atoms with Gasteiger partial charge in [0.1, 0.15) is 0 Å². The third-order valence-corrected chi connectivity index (χ3v) is 3.31. The van der Waals surface area contributed by atoms with Crippen molar-refractivity contribution in [2.45, 2.75) is 12.1 Å². The largest absolute Gasteiger partial charge is 0.545 e. The van der Waals surface area contributed by atoms with E-state index in [1.165, 1.54) is 16.8 Å². The number of aromatic carboxylic acids is 1. The molecule has 2 rings (SSSR count). The van der Waals surface area contributed by atoms with Crippen molar-refractivity contribution in [1.29, 1.82) is 0 Å². The van der Waals surface area contributed by atoms with E-state index in [2.05, 4.69) is 15.5 Å². The van der Waals surface area contributed by atoms with Gasteiger partial charge in [-0.1, -0.05) is 23.9 Å². The summed E-state index contributed by atoms with van der Waals surface area (Å²) in [6, 6.07) is 5.89. The van der Waals surface area contributed by atoms with Gasteiger partial charge in [0, 0.05) is 0 Å². The van der Waals surface area contributed by atoms with Gasteiger partial charge >= 0.3 is 5.97 Å². The van der Waals surface area contributed by atoms with Gasteiger partial charge in [0.05, 0.1) is 24.0 Å². The molecular formula is C12H11N4O4S-. The summed E-state index contributed by atoms with van der Waals surface area (Å²) in [7, 11) is 0. The number of carboxylic acid groups (broad SMARTS) is 1. The quantitative estimate of drug-likeness (QED) is 0.527. The monoisotopic (exact) mass is 307 g/mol. The highest BCUT2D eigenvalue weighted by atomic mass is 32.2. The molecule has 0 saturated heterocycles. The van der Waals surface area contributed by atoms with Gasteiger partial charge in [-0.15, -0.1) is 5.10 Å². The summed E-state index contributed by atoms with van der Waals surface area (Å²) in [4.78, 5) is 22.0. The van der Waals surface area contributed by atoms with Gasteiger partial charge in [-0.25, -0.2) is 0 Å². The SMILES string of the molecule is CCOC(=O)CSc1nnnn1-c1ccc(C(=O)[O-])cc1. The molecule has 1 heterocycles. The fraction of sp³-hybridized carbons (Fsp3) is 0.250. The Morgan fingerprint density at radius 1 is 1.33 bits per heavy atom. The van der Waals surface area contributed by atoms with Gasteiger partial charge in [0.25, 0.3) is 0 Å². The predicted molar refractivity (Wildman–Crippen MR) is 70.8 cm³/mol. The van der Waals surface area contributed by atoms with Crippen molar-refractivity contribution in [3.63, 3.8) is 0 Å². The second kappa shape index (κ2) is 6.84. The number of hydrogen-bond acceptors (Lipinski definition) is 8. The minimum Gasteiger partial charge on any atom is -0.545 e. The van der Waals surface area contributed by atoms with Gasteiger partial charge in [-0.2, -0.15) is 4.68 Å². The first kappa shape index (κ1) is 15.0. The van der Waals surface area contributed by atoms with Gasteiger partial charge in [0.15, 0.2) is 0 Å². The molecule has 0 saturated carbocycles. The Hall–Kier alpha value is -2.42. The molecule has 2 aromatic rings. The maximum absolute atomic E-state index is 11.3. The Bertz CT molecular complexity index is 641. The van der Waals surface area contributed by atoms with Crippen LogP contribution in [0.2, 0.25) is 0 Å². The topological polar surface area (TPSA) is 110 Å². The van der Waals surface area contributed by atoms with Crippen molar-refractivity contribution < 1.29 is 19.4 Å². The maximum atomic E-state index is 11.3. The molecule has 0 radical (unpaired) electrons. The fourth-order valence-corrected chi connectivity index (χ4v) is 2.18. The Labute approximate surface area is 124 Å². The van der Waals surface area contributed by atoms with E-state index in [1.807, 2.05) is 0 Å². The van der Waals surface area contributed by atoms with Gasteiger partial charge < -0.3 is 14.6 Å². The van der Waals surface area contributed by atoms with E-state index < -0.39 is 5.97 Å². The van der Waals surface area contributed by atoms with Crippen molar-refractivity contribution in [3.05, 3.63) is 29.8 Å². The molecule has 0 aliphatic rings. The molecule has 0 aliphatic heterocycles. The van der Waals surface area contributed by atoms with E-state index >= 15 is 0 Å². The van der Waals surface area contributed by atoms with Crippen LogP contribution in [0.4, 0.5) is 0 Å². The van der Waals surface area contributed by atoms with Crippen LogP contribution < -0.4 is 5.11 Å². The maximum Gasteiger partial charge on any atom is 0.316 e. The zero-order chi connectivity index (χ0) is 15.2. The zero-order valence-electron chi connectivity index (χ0n) is 11.1. The molecule has 0 spiro atoms. The number of rotatable bonds is 6. The van der Waals surface area contributed by atoms with E-state index in [-0.39, 0.29) is 17.3 Å². The van der Waals surface area contributed by atoms with Gasteiger partial charge in [0.2, 0.25) is 5.16 Å². The summed E-state index contributed by atoms with van der Waals surface area (Å²) in [5.74, 6) is -1.52. The first-order valence-electron chi connectivity index (χ1n) is 6.00. The number of carboxylic acids is 1. The van der Waals surface area contributed by atoms with Crippen LogP contribution in [0, 0.1) is 0 Å². The zero-order valence-corrected chi connectivity index (χ0v) is 11.9. The average Bonchev–Trinajstić information content (AvgIpc) is 2.94. The van der Waals surface area contributed by atoms with Crippen LogP contribution in [-0.2, 0) is 9.53 Å². The molecule has 0 aliphatic carbocycles. The first-order valence-corrected chi connectivity index (χ1v) is 6.99. The highest BCUT2D eigenvalue weighted by Crippen LogP contribution is 2.18. The van der Waals surface area contributed by atoms with E-state index in [0.29, 0.717) is 17.5 Å². The minimum absolute atomic E-state index is 0.0625. The Morgan fingerprint density at radius 3 is 2.67 bits per heavy atom. The second-order valence-electron chi connectivity index (χ2n) is 3.80. The van der Waals surface area contributed by atoms with Crippen molar-refractivity contribution in [3.8, 4) is 5.69 Å². The lowest BCUT2D eigenvalue weighted by molar-refractivity contribution is -0.255.